The number of aliphatic carboxylic acids is 2. The predicted molar refractivity (Wildman–Crippen MR) is 90.2 cm³/mol. The molecule has 0 bridgehead atoms. The summed E-state index contributed by atoms with van der Waals surface area (Å²) < 4.78 is 57.3. The molecule has 1 aromatic rings. The van der Waals surface area contributed by atoms with Gasteiger partial charge < -0.3 is 15.5 Å². The van der Waals surface area contributed by atoms with Crippen molar-refractivity contribution in [3.8, 4) is 0 Å². The van der Waals surface area contributed by atoms with E-state index in [2.05, 4.69) is 10.4 Å². The minimum Gasteiger partial charge on any atom is -0.481 e. The monoisotopic (exact) mass is 445 g/mol. The number of nitrogens with one attached hydrogen (secondary N) is 1. The minimum atomic E-state index is -5.08. The van der Waals surface area contributed by atoms with Gasteiger partial charge in [-0.1, -0.05) is 4.68 Å². The molecule has 0 saturated carbocycles. The minimum absolute atomic E-state index is 0.00669. The zero-order chi connectivity index (χ0) is 22.8. The molecule has 0 unspecified atom stereocenters. The Bertz CT molecular complexity index is 811. The van der Waals surface area contributed by atoms with Gasteiger partial charge in [-0.25, -0.2) is 17.5 Å². The predicted octanol–water partition coefficient (Wildman–Crippen LogP) is -0.902. The Morgan fingerprint density at radius 1 is 1.24 bits per heavy atom. The Hall–Kier alpha value is -2.81. The number of hydrogen-bond donors (Lipinski definition) is 3. The molecular weight excluding hydrogens is 425 g/mol. The molecule has 0 saturated heterocycles. The number of sulfonamides is 1. The van der Waals surface area contributed by atoms with Gasteiger partial charge in [0.25, 0.3) is 5.91 Å². The molecule has 0 fully saturated rings. The van der Waals surface area contributed by atoms with Gasteiger partial charge in [-0.05, 0) is 5.10 Å². The second-order valence-electron chi connectivity index (χ2n) is 5.48. The van der Waals surface area contributed by atoms with Crippen LogP contribution >= 0.6 is 0 Å². The maximum atomic E-state index is 11.8. The van der Waals surface area contributed by atoms with Crippen molar-refractivity contribution in [3.63, 3.8) is 0 Å². The van der Waals surface area contributed by atoms with Crippen LogP contribution in [-0.4, -0.2) is 78.4 Å². The van der Waals surface area contributed by atoms with Gasteiger partial charge in [-0.3, -0.25) is 9.59 Å². The smallest absolute Gasteiger partial charge is 0.481 e. The molecule has 1 amide bonds. The number of halogens is 3. The number of carbonyl (C=O) groups is 3. The molecule has 0 aliphatic rings. The van der Waals surface area contributed by atoms with Crippen LogP contribution in [0, 0.1) is 0 Å². The number of alkyl halides is 3. The Labute approximate surface area is 163 Å². The molecule has 11 nitrogen and oxygen atoms in total. The van der Waals surface area contributed by atoms with Crippen LogP contribution < -0.4 is 10.00 Å². The van der Waals surface area contributed by atoms with Gasteiger partial charge in [0, 0.05) is 26.7 Å². The molecular formula is C14H20F3N4O7S+. The average molecular weight is 445 g/mol. The first-order valence-corrected chi connectivity index (χ1v) is 9.34. The van der Waals surface area contributed by atoms with Crippen molar-refractivity contribution in [1.29, 1.82) is 0 Å². The maximum Gasteiger partial charge on any atom is 0.490 e. The number of rotatable bonds is 8. The lowest BCUT2D eigenvalue weighted by molar-refractivity contribution is -0.753. The fourth-order valence-corrected chi connectivity index (χ4v) is 2.16. The van der Waals surface area contributed by atoms with Crippen LogP contribution in [0.15, 0.2) is 18.5 Å². The van der Waals surface area contributed by atoms with E-state index in [1.807, 2.05) is 0 Å². The van der Waals surface area contributed by atoms with Crippen molar-refractivity contribution < 1.29 is 50.9 Å². The van der Waals surface area contributed by atoms with Crippen LogP contribution in [0.3, 0.4) is 0 Å². The van der Waals surface area contributed by atoms with Crippen molar-refractivity contribution in [3.05, 3.63) is 24.0 Å². The summed E-state index contributed by atoms with van der Waals surface area (Å²) >= 11 is 0. The molecule has 1 rings (SSSR count). The quantitative estimate of drug-likeness (QED) is 0.434. The lowest BCUT2D eigenvalue weighted by atomic mass is 10.3. The van der Waals surface area contributed by atoms with Crippen molar-refractivity contribution in [2.24, 2.45) is 0 Å². The van der Waals surface area contributed by atoms with Crippen LogP contribution in [0.2, 0.25) is 0 Å². The van der Waals surface area contributed by atoms with Crippen molar-refractivity contribution >= 4 is 27.9 Å². The SMILES string of the molecule is CN(C)S(=O)(=O)CCNC(=O)c1cc[n+](CCC(=O)O)nc1.O=C(O)C(F)(F)F. The second kappa shape index (κ2) is 11.3. The van der Waals surface area contributed by atoms with E-state index in [0.717, 1.165) is 4.31 Å². The Morgan fingerprint density at radius 3 is 2.17 bits per heavy atom. The molecule has 0 aliphatic carbocycles. The molecule has 1 aromatic heterocycles. The molecule has 0 aromatic carbocycles. The fourth-order valence-electron chi connectivity index (χ4n) is 1.44. The molecule has 0 radical (unpaired) electrons. The summed E-state index contributed by atoms with van der Waals surface area (Å²) in [4.78, 5) is 31.1. The lowest BCUT2D eigenvalue weighted by Crippen LogP contribution is -2.39. The topological polar surface area (TPSA) is 158 Å². The van der Waals surface area contributed by atoms with Crippen molar-refractivity contribution in [1.82, 2.24) is 14.7 Å². The third kappa shape index (κ3) is 10.9. The normalized spacial score (nSPS) is 11.4. The number of hydrogen-bond acceptors (Lipinski definition) is 6. The van der Waals surface area contributed by atoms with E-state index in [9.17, 15) is 31.2 Å². The number of aromatic nitrogens is 2. The van der Waals surface area contributed by atoms with Crippen molar-refractivity contribution in [2.75, 3.05) is 26.4 Å². The number of nitrogens with zero attached hydrogens (tertiary/aromatic N) is 3. The van der Waals surface area contributed by atoms with Gasteiger partial charge >= 0.3 is 18.1 Å². The number of carboxylic acids is 2. The third-order valence-corrected chi connectivity index (χ3v) is 4.87. The number of amides is 1. The maximum absolute atomic E-state index is 11.8. The Balaban J connectivity index is 0.000000956. The second-order valence-corrected chi connectivity index (χ2v) is 7.78. The zero-order valence-electron chi connectivity index (χ0n) is 15.4. The van der Waals surface area contributed by atoms with Gasteiger partial charge in [0.2, 0.25) is 10.0 Å². The van der Waals surface area contributed by atoms with Crippen LogP contribution in [0.1, 0.15) is 16.8 Å². The summed E-state index contributed by atoms with van der Waals surface area (Å²) in [7, 11) is -0.506. The summed E-state index contributed by atoms with van der Waals surface area (Å²) in [5, 5.41) is 22.1. The van der Waals surface area contributed by atoms with Gasteiger partial charge in [-0.2, -0.15) is 13.2 Å². The number of carbonyl (C=O) groups excluding carboxylic acids is 1. The van der Waals surface area contributed by atoms with Crippen LogP contribution in [0.4, 0.5) is 13.2 Å². The van der Waals surface area contributed by atoms with Crippen molar-refractivity contribution in [2.45, 2.75) is 19.1 Å². The Morgan fingerprint density at radius 2 is 1.79 bits per heavy atom. The van der Waals surface area contributed by atoms with Gasteiger partial charge in [0.1, 0.15) is 12.6 Å². The van der Waals surface area contributed by atoms with E-state index in [4.69, 9.17) is 15.0 Å². The Kier molecular flexibility index (Phi) is 10.2. The summed E-state index contributed by atoms with van der Waals surface area (Å²) in [5.74, 6) is -4.32. The highest BCUT2D eigenvalue weighted by Gasteiger charge is 2.38. The molecule has 0 atom stereocenters. The van der Waals surface area contributed by atoms with Gasteiger partial charge in [0.15, 0.2) is 12.7 Å². The average Bonchev–Trinajstić information content (AvgIpc) is 2.59. The summed E-state index contributed by atoms with van der Waals surface area (Å²) in [6.07, 6.45) is -2.35. The molecule has 1 heterocycles. The van der Waals surface area contributed by atoms with Crippen LogP contribution in [0.25, 0.3) is 0 Å². The third-order valence-electron chi connectivity index (χ3n) is 3.03. The first-order valence-electron chi connectivity index (χ1n) is 7.73. The summed E-state index contributed by atoms with van der Waals surface area (Å²) in [5.41, 5.74) is 0.272. The van der Waals surface area contributed by atoms with E-state index in [1.54, 1.807) is 0 Å². The molecule has 29 heavy (non-hydrogen) atoms. The molecule has 15 heteroatoms. The van der Waals surface area contributed by atoms with E-state index >= 15 is 0 Å². The highest BCUT2D eigenvalue weighted by atomic mass is 32.2. The first-order chi connectivity index (χ1) is 13.2. The highest BCUT2D eigenvalue weighted by Crippen LogP contribution is 2.13. The summed E-state index contributed by atoms with van der Waals surface area (Å²) in [6, 6.07) is 1.49. The zero-order valence-corrected chi connectivity index (χ0v) is 16.2. The summed E-state index contributed by atoms with van der Waals surface area (Å²) in [6.45, 7) is 0.200. The van der Waals surface area contributed by atoms with E-state index in [-0.39, 0.29) is 30.8 Å². The standard InChI is InChI=1S/C12H18N4O5S.C2HF3O2/c1-15(2)22(20,21)8-5-13-12(19)10-3-6-16(14-9-10)7-4-11(17)18;3-2(4,5)1(6)7/h3,6,9H,4-5,7-8H2,1-2H3,(H-,13,17,18,19);(H,6,7)/p+1. The highest BCUT2D eigenvalue weighted by molar-refractivity contribution is 7.89. The van der Waals surface area contributed by atoms with E-state index in [1.165, 1.54) is 37.2 Å². The lowest BCUT2D eigenvalue weighted by Gasteiger charge is -2.11. The van der Waals surface area contributed by atoms with E-state index in [0.29, 0.717) is 0 Å². The number of aryl methyl sites for hydroxylation is 1. The molecule has 0 aliphatic heterocycles. The largest absolute Gasteiger partial charge is 0.490 e. The molecule has 0 spiro atoms. The fraction of sp³-hybridized carbons (Fsp3) is 0.500. The van der Waals surface area contributed by atoms with Gasteiger partial charge in [-0.15, -0.1) is 0 Å². The van der Waals surface area contributed by atoms with Gasteiger partial charge in [0.05, 0.1) is 11.3 Å². The molecule has 164 valence electrons. The molecule has 3 N–H and O–H groups in total. The van der Waals surface area contributed by atoms with E-state index < -0.39 is 34.0 Å². The van der Waals surface area contributed by atoms with Crippen LogP contribution in [0.5, 0.6) is 0 Å². The number of carboxylic acid groups (broad SMARTS) is 2. The first kappa shape index (κ1) is 26.2. The van der Waals surface area contributed by atoms with Crippen LogP contribution in [-0.2, 0) is 26.2 Å².